The molecule has 94 valence electrons. The molecule has 0 aromatic carbocycles. The van der Waals surface area contributed by atoms with Crippen LogP contribution in [0.1, 0.15) is 58.8 Å². The summed E-state index contributed by atoms with van der Waals surface area (Å²) in [5.74, 6) is 0. The Labute approximate surface area is 100 Å². The monoisotopic (exact) mass is 225 g/mol. The number of hydrogen-bond donors (Lipinski definition) is 1. The van der Waals surface area contributed by atoms with Crippen LogP contribution < -0.4 is 5.73 Å². The van der Waals surface area contributed by atoms with Crippen LogP contribution in [-0.4, -0.2) is 18.8 Å². The first-order valence-electron chi connectivity index (χ1n) is 6.63. The Bertz CT molecular complexity index is 231. The summed E-state index contributed by atoms with van der Waals surface area (Å²) in [4.78, 5) is 0. The van der Waals surface area contributed by atoms with Crippen molar-refractivity contribution in [3.8, 4) is 0 Å². The third-order valence-corrected chi connectivity index (χ3v) is 4.05. The second-order valence-electron chi connectivity index (χ2n) is 5.08. The maximum Gasteiger partial charge on any atom is 0.0836 e. The Hall–Kier alpha value is -0.340. The first-order chi connectivity index (χ1) is 7.64. The molecule has 0 saturated carbocycles. The average molecular weight is 225 g/mol. The van der Waals surface area contributed by atoms with Crippen LogP contribution in [-0.2, 0) is 4.74 Å². The van der Waals surface area contributed by atoms with Crippen molar-refractivity contribution >= 4 is 0 Å². The summed E-state index contributed by atoms with van der Waals surface area (Å²) in [5.41, 5.74) is 7.58. The van der Waals surface area contributed by atoms with Crippen molar-refractivity contribution in [1.82, 2.24) is 0 Å². The third kappa shape index (κ3) is 3.33. The van der Waals surface area contributed by atoms with Crippen molar-refractivity contribution in [2.75, 3.05) is 7.11 Å². The minimum absolute atomic E-state index is 0.0561. The van der Waals surface area contributed by atoms with E-state index in [9.17, 15) is 0 Å². The van der Waals surface area contributed by atoms with Gasteiger partial charge in [-0.1, -0.05) is 31.4 Å². The molecule has 0 heterocycles. The van der Waals surface area contributed by atoms with Crippen LogP contribution in [0.2, 0.25) is 0 Å². The SMILES string of the molecule is CCC(C)(OC)C(N)C1=CCCCCCC1. The summed E-state index contributed by atoms with van der Waals surface area (Å²) in [6.07, 6.45) is 11.0. The molecule has 0 amide bonds. The molecule has 0 fully saturated rings. The van der Waals surface area contributed by atoms with Gasteiger partial charge in [-0.2, -0.15) is 0 Å². The molecule has 0 spiro atoms. The summed E-state index contributed by atoms with van der Waals surface area (Å²) in [5, 5.41) is 0. The van der Waals surface area contributed by atoms with Crippen molar-refractivity contribution in [2.24, 2.45) is 5.73 Å². The molecule has 1 aliphatic carbocycles. The zero-order valence-corrected chi connectivity index (χ0v) is 11.1. The van der Waals surface area contributed by atoms with Gasteiger partial charge in [0.1, 0.15) is 0 Å². The van der Waals surface area contributed by atoms with Crippen LogP contribution in [0.15, 0.2) is 11.6 Å². The smallest absolute Gasteiger partial charge is 0.0836 e. The molecular formula is C14H27NO. The molecule has 1 aliphatic rings. The molecule has 0 aliphatic heterocycles. The summed E-state index contributed by atoms with van der Waals surface area (Å²) >= 11 is 0. The lowest BCUT2D eigenvalue weighted by Crippen LogP contribution is -2.48. The van der Waals surface area contributed by atoms with Gasteiger partial charge in [-0.05, 0) is 39.0 Å². The van der Waals surface area contributed by atoms with E-state index in [0.29, 0.717) is 0 Å². The van der Waals surface area contributed by atoms with Crippen molar-refractivity contribution in [3.63, 3.8) is 0 Å². The quantitative estimate of drug-likeness (QED) is 0.744. The highest BCUT2D eigenvalue weighted by Gasteiger charge is 2.31. The largest absolute Gasteiger partial charge is 0.377 e. The van der Waals surface area contributed by atoms with Gasteiger partial charge in [0.15, 0.2) is 0 Å². The number of hydrogen-bond acceptors (Lipinski definition) is 2. The fraction of sp³-hybridized carbons (Fsp3) is 0.857. The minimum Gasteiger partial charge on any atom is -0.377 e. The van der Waals surface area contributed by atoms with E-state index < -0.39 is 0 Å². The Kier molecular flexibility index (Phi) is 5.50. The molecule has 2 unspecified atom stereocenters. The van der Waals surface area contributed by atoms with E-state index in [1.807, 2.05) is 0 Å². The lowest BCUT2D eigenvalue weighted by atomic mass is 9.84. The lowest BCUT2D eigenvalue weighted by molar-refractivity contribution is -0.0106. The van der Waals surface area contributed by atoms with Gasteiger partial charge in [0.25, 0.3) is 0 Å². The van der Waals surface area contributed by atoms with E-state index in [1.165, 1.54) is 37.7 Å². The van der Waals surface area contributed by atoms with Gasteiger partial charge in [0.2, 0.25) is 0 Å². The average Bonchev–Trinajstić information content (AvgIpc) is 2.27. The minimum atomic E-state index is -0.203. The van der Waals surface area contributed by atoms with Gasteiger partial charge < -0.3 is 10.5 Å². The van der Waals surface area contributed by atoms with Gasteiger partial charge in [0, 0.05) is 7.11 Å². The highest BCUT2D eigenvalue weighted by molar-refractivity contribution is 5.16. The van der Waals surface area contributed by atoms with E-state index in [2.05, 4.69) is 19.9 Å². The van der Waals surface area contributed by atoms with Crippen LogP contribution in [0, 0.1) is 0 Å². The van der Waals surface area contributed by atoms with Gasteiger partial charge in [-0.25, -0.2) is 0 Å². The summed E-state index contributed by atoms with van der Waals surface area (Å²) in [6, 6.07) is 0.0561. The van der Waals surface area contributed by atoms with E-state index in [0.717, 1.165) is 12.8 Å². The predicted molar refractivity (Wildman–Crippen MR) is 69.5 cm³/mol. The van der Waals surface area contributed by atoms with E-state index in [-0.39, 0.29) is 11.6 Å². The summed E-state index contributed by atoms with van der Waals surface area (Å²) in [6.45, 7) is 4.27. The van der Waals surface area contributed by atoms with Crippen molar-refractivity contribution in [2.45, 2.75) is 70.4 Å². The molecule has 2 N–H and O–H groups in total. The normalized spacial score (nSPS) is 23.9. The van der Waals surface area contributed by atoms with Crippen molar-refractivity contribution < 1.29 is 4.74 Å². The van der Waals surface area contributed by atoms with Gasteiger partial charge in [0.05, 0.1) is 11.6 Å². The van der Waals surface area contributed by atoms with Crippen molar-refractivity contribution in [3.05, 3.63) is 11.6 Å². The number of rotatable bonds is 4. The Morgan fingerprint density at radius 1 is 1.38 bits per heavy atom. The summed E-state index contributed by atoms with van der Waals surface area (Å²) in [7, 11) is 1.77. The third-order valence-electron chi connectivity index (χ3n) is 4.05. The number of nitrogens with two attached hydrogens (primary N) is 1. The van der Waals surface area contributed by atoms with E-state index in [1.54, 1.807) is 7.11 Å². The van der Waals surface area contributed by atoms with Gasteiger partial charge >= 0.3 is 0 Å². The molecule has 2 heteroatoms. The topological polar surface area (TPSA) is 35.2 Å². The second-order valence-corrected chi connectivity index (χ2v) is 5.08. The molecule has 16 heavy (non-hydrogen) atoms. The predicted octanol–water partition coefficient (Wildman–Crippen LogP) is 3.41. The van der Waals surface area contributed by atoms with E-state index in [4.69, 9.17) is 10.5 Å². The molecule has 0 radical (unpaired) electrons. The molecule has 2 atom stereocenters. The van der Waals surface area contributed by atoms with Crippen LogP contribution in [0.4, 0.5) is 0 Å². The molecule has 1 rings (SSSR count). The molecular weight excluding hydrogens is 198 g/mol. The highest BCUT2D eigenvalue weighted by Crippen LogP contribution is 2.27. The van der Waals surface area contributed by atoms with Crippen LogP contribution in [0.3, 0.4) is 0 Å². The Balaban J connectivity index is 2.72. The number of allylic oxidation sites excluding steroid dienone is 1. The fourth-order valence-electron chi connectivity index (χ4n) is 2.38. The number of ether oxygens (including phenoxy) is 1. The van der Waals surface area contributed by atoms with Gasteiger partial charge in [-0.15, -0.1) is 0 Å². The summed E-state index contributed by atoms with van der Waals surface area (Å²) < 4.78 is 5.61. The molecule has 0 saturated heterocycles. The van der Waals surface area contributed by atoms with E-state index >= 15 is 0 Å². The Morgan fingerprint density at radius 3 is 2.69 bits per heavy atom. The van der Waals surface area contributed by atoms with Crippen LogP contribution >= 0.6 is 0 Å². The highest BCUT2D eigenvalue weighted by atomic mass is 16.5. The van der Waals surface area contributed by atoms with Crippen LogP contribution in [0.5, 0.6) is 0 Å². The molecule has 0 bridgehead atoms. The fourth-order valence-corrected chi connectivity index (χ4v) is 2.38. The second kappa shape index (κ2) is 6.41. The lowest BCUT2D eigenvalue weighted by Gasteiger charge is -2.35. The van der Waals surface area contributed by atoms with Crippen molar-refractivity contribution in [1.29, 1.82) is 0 Å². The first kappa shape index (κ1) is 13.7. The molecule has 0 aromatic rings. The molecule has 0 aromatic heterocycles. The molecule has 2 nitrogen and oxygen atoms in total. The Morgan fingerprint density at radius 2 is 2.06 bits per heavy atom. The standard InChI is InChI=1S/C14H27NO/c1-4-14(2,16-3)13(15)12-10-8-6-5-7-9-11-12/h10,13H,4-9,11,15H2,1-3H3. The zero-order valence-electron chi connectivity index (χ0n) is 11.1. The first-order valence-corrected chi connectivity index (χ1v) is 6.63. The number of methoxy groups -OCH3 is 1. The van der Waals surface area contributed by atoms with Gasteiger partial charge in [-0.3, -0.25) is 0 Å². The zero-order chi connectivity index (χ0) is 12.0. The maximum absolute atomic E-state index is 6.38. The maximum atomic E-state index is 6.38. The van der Waals surface area contributed by atoms with Crippen LogP contribution in [0.25, 0.3) is 0 Å².